The Morgan fingerprint density at radius 1 is 1.24 bits per heavy atom. The SMILES string of the molecule is CC1(C)Cc2ccc(Cl)nc2-c2cc3c(F)cccc3n21. The van der Waals surface area contributed by atoms with Crippen LogP contribution < -0.4 is 0 Å². The molecule has 0 atom stereocenters. The molecule has 0 fully saturated rings. The molecule has 4 rings (SSSR count). The van der Waals surface area contributed by atoms with E-state index in [1.807, 2.05) is 24.3 Å². The summed E-state index contributed by atoms with van der Waals surface area (Å²) in [6.45, 7) is 4.33. The lowest BCUT2D eigenvalue weighted by atomic mass is 9.89. The van der Waals surface area contributed by atoms with E-state index in [1.165, 1.54) is 6.07 Å². The van der Waals surface area contributed by atoms with Crippen molar-refractivity contribution >= 4 is 22.5 Å². The molecule has 0 unspecified atom stereocenters. The fourth-order valence-corrected chi connectivity index (χ4v) is 3.54. The van der Waals surface area contributed by atoms with Crippen LogP contribution in [0.5, 0.6) is 0 Å². The van der Waals surface area contributed by atoms with Crippen LogP contribution in [0.1, 0.15) is 19.4 Å². The van der Waals surface area contributed by atoms with Crippen LogP contribution in [-0.4, -0.2) is 9.55 Å². The van der Waals surface area contributed by atoms with E-state index in [4.69, 9.17) is 11.6 Å². The van der Waals surface area contributed by atoms with Crippen molar-refractivity contribution in [1.29, 1.82) is 0 Å². The first kappa shape index (κ1) is 12.8. The van der Waals surface area contributed by atoms with Crippen molar-refractivity contribution < 1.29 is 4.39 Å². The lowest BCUT2D eigenvalue weighted by Crippen LogP contribution is -2.33. The summed E-state index contributed by atoms with van der Waals surface area (Å²) in [5.41, 5.74) is 3.72. The van der Waals surface area contributed by atoms with E-state index in [1.54, 1.807) is 6.07 Å². The van der Waals surface area contributed by atoms with Gasteiger partial charge in [0.15, 0.2) is 0 Å². The lowest BCUT2D eigenvalue weighted by molar-refractivity contribution is 0.359. The molecule has 2 aromatic heterocycles. The Bertz CT molecular complexity index is 880. The highest BCUT2D eigenvalue weighted by molar-refractivity contribution is 6.29. The molecule has 2 nitrogen and oxygen atoms in total. The second-order valence-electron chi connectivity index (χ2n) is 6.17. The summed E-state index contributed by atoms with van der Waals surface area (Å²) in [4.78, 5) is 4.47. The van der Waals surface area contributed by atoms with Crippen LogP contribution in [0.25, 0.3) is 22.3 Å². The van der Waals surface area contributed by atoms with Gasteiger partial charge in [-0.25, -0.2) is 9.37 Å². The molecule has 0 spiro atoms. The van der Waals surface area contributed by atoms with Crippen molar-refractivity contribution in [1.82, 2.24) is 9.55 Å². The van der Waals surface area contributed by atoms with Crippen molar-refractivity contribution in [2.75, 3.05) is 0 Å². The van der Waals surface area contributed by atoms with Gasteiger partial charge >= 0.3 is 0 Å². The van der Waals surface area contributed by atoms with Crippen molar-refractivity contribution in [3.8, 4) is 11.4 Å². The van der Waals surface area contributed by atoms with E-state index >= 15 is 0 Å². The van der Waals surface area contributed by atoms with E-state index < -0.39 is 0 Å². The molecule has 0 saturated heterocycles. The lowest BCUT2D eigenvalue weighted by Gasteiger charge is -2.35. The zero-order valence-electron chi connectivity index (χ0n) is 11.8. The molecule has 106 valence electrons. The number of rotatable bonds is 0. The Balaban J connectivity index is 2.16. The molecule has 0 aliphatic carbocycles. The average molecular weight is 301 g/mol. The molecule has 0 bridgehead atoms. The Morgan fingerprint density at radius 3 is 2.86 bits per heavy atom. The van der Waals surface area contributed by atoms with Crippen LogP contribution in [0.15, 0.2) is 36.4 Å². The molecule has 0 amide bonds. The standard InChI is InChI=1S/C17H14ClFN2/c1-17(2)9-10-6-7-15(18)20-16(10)14-8-11-12(19)4-3-5-13(11)21(14)17/h3-8H,9H2,1-2H3. The van der Waals surface area contributed by atoms with Gasteiger partial charge in [-0.2, -0.15) is 0 Å². The summed E-state index contributed by atoms with van der Waals surface area (Å²) in [5, 5.41) is 1.10. The van der Waals surface area contributed by atoms with E-state index in [-0.39, 0.29) is 11.4 Å². The van der Waals surface area contributed by atoms with Gasteiger partial charge in [0, 0.05) is 10.9 Å². The van der Waals surface area contributed by atoms with Crippen molar-refractivity contribution in [3.63, 3.8) is 0 Å². The third-order valence-electron chi connectivity index (χ3n) is 4.21. The minimum atomic E-state index is -0.200. The Morgan fingerprint density at radius 2 is 2.05 bits per heavy atom. The quantitative estimate of drug-likeness (QED) is 0.546. The molecule has 1 aromatic carbocycles. The van der Waals surface area contributed by atoms with Crippen LogP contribution in [0, 0.1) is 5.82 Å². The maximum Gasteiger partial charge on any atom is 0.132 e. The van der Waals surface area contributed by atoms with Crippen molar-refractivity contribution in [2.24, 2.45) is 0 Å². The van der Waals surface area contributed by atoms with Gasteiger partial charge in [-0.15, -0.1) is 0 Å². The van der Waals surface area contributed by atoms with Crippen LogP contribution in [0.3, 0.4) is 0 Å². The fourth-order valence-electron chi connectivity index (χ4n) is 3.39. The summed E-state index contributed by atoms with van der Waals surface area (Å²) in [5.74, 6) is -0.200. The van der Waals surface area contributed by atoms with Crippen LogP contribution in [-0.2, 0) is 12.0 Å². The highest BCUT2D eigenvalue weighted by Crippen LogP contribution is 2.42. The Labute approximate surface area is 127 Å². The van der Waals surface area contributed by atoms with Crippen LogP contribution >= 0.6 is 11.6 Å². The van der Waals surface area contributed by atoms with Gasteiger partial charge in [0.2, 0.25) is 0 Å². The number of hydrogen-bond acceptors (Lipinski definition) is 1. The van der Waals surface area contributed by atoms with Crippen molar-refractivity contribution in [3.05, 3.63) is 52.9 Å². The average Bonchev–Trinajstić information content (AvgIpc) is 2.82. The van der Waals surface area contributed by atoms with Crippen LogP contribution in [0.4, 0.5) is 4.39 Å². The third-order valence-corrected chi connectivity index (χ3v) is 4.42. The molecule has 1 aliphatic heterocycles. The maximum absolute atomic E-state index is 14.1. The summed E-state index contributed by atoms with van der Waals surface area (Å²) in [6.07, 6.45) is 0.847. The predicted octanol–water partition coefficient (Wildman–Crippen LogP) is 4.79. The van der Waals surface area contributed by atoms with Gasteiger partial charge < -0.3 is 4.57 Å². The normalized spacial score (nSPS) is 15.8. The van der Waals surface area contributed by atoms with Gasteiger partial charge in [0.25, 0.3) is 0 Å². The molecule has 4 heteroatoms. The minimum absolute atomic E-state index is 0.132. The second-order valence-corrected chi connectivity index (χ2v) is 6.56. The molecular weight excluding hydrogens is 287 g/mol. The number of pyridine rings is 1. The van der Waals surface area contributed by atoms with E-state index in [2.05, 4.69) is 23.4 Å². The summed E-state index contributed by atoms with van der Waals surface area (Å²) < 4.78 is 16.3. The van der Waals surface area contributed by atoms with Crippen molar-refractivity contribution in [2.45, 2.75) is 25.8 Å². The Kier molecular flexibility index (Phi) is 2.49. The Hall–Kier alpha value is -1.87. The van der Waals surface area contributed by atoms with Gasteiger partial charge in [-0.1, -0.05) is 23.7 Å². The van der Waals surface area contributed by atoms with Gasteiger partial charge in [0.05, 0.1) is 16.9 Å². The van der Waals surface area contributed by atoms with Crippen LogP contribution in [0.2, 0.25) is 5.15 Å². The highest BCUT2D eigenvalue weighted by Gasteiger charge is 2.33. The number of aromatic nitrogens is 2. The number of fused-ring (bicyclic) bond motifs is 5. The summed E-state index contributed by atoms with van der Waals surface area (Å²) in [6, 6.07) is 10.9. The number of halogens is 2. The molecule has 1 aliphatic rings. The smallest absolute Gasteiger partial charge is 0.132 e. The first-order valence-electron chi connectivity index (χ1n) is 6.94. The summed E-state index contributed by atoms with van der Waals surface area (Å²) in [7, 11) is 0. The monoisotopic (exact) mass is 300 g/mol. The zero-order valence-corrected chi connectivity index (χ0v) is 12.6. The summed E-state index contributed by atoms with van der Waals surface area (Å²) >= 11 is 6.05. The number of benzene rings is 1. The second kappa shape index (κ2) is 4.08. The molecule has 21 heavy (non-hydrogen) atoms. The first-order valence-corrected chi connectivity index (χ1v) is 7.31. The van der Waals surface area contributed by atoms with E-state index in [0.717, 1.165) is 28.9 Å². The van der Waals surface area contributed by atoms with Gasteiger partial charge in [-0.05, 0) is 50.1 Å². The molecular formula is C17H14ClFN2. The zero-order chi connectivity index (χ0) is 14.8. The highest BCUT2D eigenvalue weighted by atomic mass is 35.5. The molecule has 0 N–H and O–H groups in total. The molecule has 3 aromatic rings. The predicted molar refractivity (Wildman–Crippen MR) is 83.2 cm³/mol. The number of nitrogens with zero attached hydrogens (tertiary/aromatic N) is 2. The molecule has 3 heterocycles. The van der Waals surface area contributed by atoms with E-state index in [0.29, 0.717) is 10.5 Å². The number of hydrogen-bond donors (Lipinski definition) is 0. The third kappa shape index (κ3) is 1.74. The topological polar surface area (TPSA) is 17.8 Å². The fraction of sp³-hybridized carbons (Fsp3) is 0.235. The van der Waals surface area contributed by atoms with Gasteiger partial charge in [0.1, 0.15) is 11.0 Å². The van der Waals surface area contributed by atoms with Gasteiger partial charge in [-0.3, -0.25) is 0 Å². The maximum atomic E-state index is 14.1. The minimum Gasteiger partial charge on any atom is -0.333 e. The molecule has 0 saturated carbocycles. The first-order chi connectivity index (χ1) is 9.97. The van der Waals surface area contributed by atoms with E-state index in [9.17, 15) is 4.39 Å². The largest absolute Gasteiger partial charge is 0.333 e. The molecule has 0 radical (unpaired) electrons.